The molecule has 1 saturated carbocycles. The number of allylic oxidation sites excluding steroid dienone is 2. The second-order valence-corrected chi connectivity index (χ2v) is 4.99. The number of ketones is 1. The minimum absolute atomic E-state index is 0.0319. The summed E-state index contributed by atoms with van der Waals surface area (Å²) < 4.78 is 0. The molecule has 1 aromatic carbocycles. The second-order valence-electron chi connectivity index (χ2n) is 4.99. The third kappa shape index (κ3) is 1.42. The van der Waals surface area contributed by atoms with E-state index in [1.165, 1.54) is 11.1 Å². The van der Waals surface area contributed by atoms with Crippen molar-refractivity contribution in [3.63, 3.8) is 0 Å². The number of Topliss-reactive ketones (excluding diaryl/α,β-unsaturated/α-hetero) is 1. The van der Waals surface area contributed by atoms with Gasteiger partial charge < -0.3 is 0 Å². The van der Waals surface area contributed by atoms with Gasteiger partial charge in [0.2, 0.25) is 0 Å². The van der Waals surface area contributed by atoms with E-state index in [-0.39, 0.29) is 5.41 Å². The van der Waals surface area contributed by atoms with Crippen LogP contribution in [0.3, 0.4) is 0 Å². The largest absolute Gasteiger partial charge is 0.300 e. The van der Waals surface area contributed by atoms with E-state index in [0.717, 1.165) is 25.7 Å². The van der Waals surface area contributed by atoms with E-state index in [2.05, 4.69) is 36.4 Å². The van der Waals surface area contributed by atoms with Crippen LogP contribution in [-0.2, 0) is 16.6 Å². The smallest absolute Gasteiger partial charge is 0.134 e. The molecule has 0 saturated heterocycles. The Morgan fingerprint density at radius 3 is 2.94 bits per heavy atom. The molecule has 0 heterocycles. The summed E-state index contributed by atoms with van der Waals surface area (Å²) in [5, 5.41) is 0. The summed E-state index contributed by atoms with van der Waals surface area (Å²) in [7, 11) is 0. The summed E-state index contributed by atoms with van der Waals surface area (Å²) >= 11 is 0. The van der Waals surface area contributed by atoms with Crippen LogP contribution in [0, 0.1) is 0 Å². The first kappa shape index (κ1) is 9.83. The molecule has 16 heavy (non-hydrogen) atoms. The zero-order valence-electron chi connectivity index (χ0n) is 9.41. The molecule has 0 bridgehead atoms. The van der Waals surface area contributed by atoms with Crippen molar-refractivity contribution in [2.45, 2.75) is 37.5 Å². The Morgan fingerprint density at radius 2 is 2.06 bits per heavy atom. The topological polar surface area (TPSA) is 17.1 Å². The normalized spacial score (nSPS) is 28.1. The molecule has 1 atom stereocenters. The van der Waals surface area contributed by atoms with Crippen LogP contribution in [0.2, 0.25) is 0 Å². The number of benzene rings is 1. The van der Waals surface area contributed by atoms with Crippen molar-refractivity contribution in [3.8, 4) is 0 Å². The van der Waals surface area contributed by atoms with E-state index in [4.69, 9.17) is 0 Å². The van der Waals surface area contributed by atoms with Gasteiger partial charge in [-0.1, -0.05) is 36.4 Å². The van der Waals surface area contributed by atoms with Gasteiger partial charge in [-0.25, -0.2) is 0 Å². The molecule has 2 aliphatic rings. The minimum Gasteiger partial charge on any atom is -0.300 e. The maximum absolute atomic E-state index is 11.7. The fourth-order valence-corrected chi connectivity index (χ4v) is 3.19. The highest BCUT2D eigenvalue weighted by Gasteiger charge is 2.37. The molecular weight excluding hydrogens is 196 g/mol. The highest BCUT2D eigenvalue weighted by molar-refractivity contribution is 5.81. The van der Waals surface area contributed by atoms with E-state index < -0.39 is 0 Å². The SMILES string of the molecule is O=C1CCCC2(C=CCc3ccccc32)C1. The van der Waals surface area contributed by atoms with Crippen molar-refractivity contribution in [1.29, 1.82) is 0 Å². The number of carbonyl (C=O) groups is 1. The van der Waals surface area contributed by atoms with Gasteiger partial charge in [-0.15, -0.1) is 0 Å². The average molecular weight is 212 g/mol. The summed E-state index contributed by atoms with van der Waals surface area (Å²) in [5.41, 5.74) is 2.83. The van der Waals surface area contributed by atoms with Crippen LogP contribution in [0.25, 0.3) is 0 Å². The van der Waals surface area contributed by atoms with E-state index in [0.29, 0.717) is 12.2 Å². The molecule has 1 fully saturated rings. The predicted octanol–water partition coefficient (Wildman–Crippen LogP) is 3.18. The monoisotopic (exact) mass is 212 g/mol. The summed E-state index contributed by atoms with van der Waals surface area (Å²) in [6, 6.07) is 8.59. The molecule has 1 heteroatoms. The summed E-state index contributed by atoms with van der Waals surface area (Å²) in [6.45, 7) is 0. The predicted molar refractivity (Wildman–Crippen MR) is 64.4 cm³/mol. The van der Waals surface area contributed by atoms with Gasteiger partial charge in [-0.2, -0.15) is 0 Å². The molecule has 0 aromatic heterocycles. The van der Waals surface area contributed by atoms with Gasteiger partial charge in [0.25, 0.3) is 0 Å². The Bertz CT molecular complexity index is 458. The van der Waals surface area contributed by atoms with Crippen molar-refractivity contribution >= 4 is 5.78 Å². The molecule has 82 valence electrons. The molecule has 2 aliphatic carbocycles. The molecule has 3 rings (SSSR count). The van der Waals surface area contributed by atoms with Crippen LogP contribution in [0.1, 0.15) is 36.8 Å². The standard InChI is InChI=1S/C15H16O/c16-13-7-4-10-15(11-13)9-3-6-12-5-1-2-8-14(12)15/h1-3,5,8-9H,4,6-7,10-11H2. The molecule has 1 aromatic rings. The molecule has 0 amide bonds. The van der Waals surface area contributed by atoms with E-state index in [1.54, 1.807) is 0 Å². The molecule has 1 nitrogen and oxygen atoms in total. The van der Waals surface area contributed by atoms with Gasteiger partial charge in [0.15, 0.2) is 0 Å². The Balaban J connectivity index is 2.09. The lowest BCUT2D eigenvalue weighted by molar-refractivity contribution is -0.121. The van der Waals surface area contributed by atoms with Crippen molar-refractivity contribution in [2.24, 2.45) is 0 Å². The van der Waals surface area contributed by atoms with Gasteiger partial charge >= 0.3 is 0 Å². The third-order valence-corrected chi connectivity index (χ3v) is 3.92. The van der Waals surface area contributed by atoms with Gasteiger partial charge in [-0.05, 0) is 30.4 Å². The molecule has 1 spiro atoms. The molecule has 1 unspecified atom stereocenters. The maximum atomic E-state index is 11.7. The second kappa shape index (κ2) is 3.58. The summed E-state index contributed by atoms with van der Waals surface area (Å²) in [5.74, 6) is 0.424. The first-order valence-corrected chi connectivity index (χ1v) is 6.08. The Labute approximate surface area is 96.2 Å². The summed E-state index contributed by atoms with van der Waals surface area (Å²) in [4.78, 5) is 11.7. The Kier molecular flexibility index (Phi) is 2.20. The van der Waals surface area contributed by atoms with Crippen LogP contribution < -0.4 is 0 Å². The van der Waals surface area contributed by atoms with Crippen LogP contribution >= 0.6 is 0 Å². The van der Waals surface area contributed by atoms with Crippen molar-refractivity contribution in [1.82, 2.24) is 0 Å². The zero-order chi connectivity index (χ0) is 11.0. The number of rotatable bonds is 0. The third-order valence-electron chi connectivity index (χ3n) is 3.92. The van der Waals surface area contributed by atoms with Crippen molar-refractivity contribution in [3.05, 3.63) is 47.5 Å². The van der Waals surface area contributed by atoms with Crippen molar-refractivity contribution in [2.75, 3.05) is 0 Å². The number of hydrogen-bond donors (Lipinski definition) is 0. The van der Waals surface area contributed by atoms with Gasteiger partial charge in [0.1, 0.15) is 5.78 Å². The number of hydrogen-bond acceptors (Lipinski definition) is 1. The average Bonchev–Trinajstić information content (AvgIpc) is 2.30. The quantitative estimate of drug-likeness (QED) is 0.604. The lowest BCUT2D eigenvalue weighted by atomic mass is 9.65. The number of carbonyl (C=O) groups excluding carboxylic acids is 1. The highest BCUT2D eigenvalue weighted by Crippen LogP contribution is 2.43. The summed E-state index contributed by atoms with van der Waals surface area (Å²) in [6.07, 6.45) is 9.20. The van der Waals surface area contributed by atoms with Crippen LogP contribution in [0.4, 0.5) is 0 Å². The lowest BCUT2D eigenvalue weighted by Gasteiger charge is -2.38. The zero-order valence-corrected chi connectivity index (χ0v) is 9.41. The molecular formula is C15H16O. The van der Waals surface area contributed by atoms with Crippen LogP contribution in [0.5, 0.6) is 0 Å². The fourth-order valence-electron chi connectivity index (χ4n) is 3.19. The van der Waals surface area contributed by atoms with E-state index in [1.807, 2.05) is 0 Å². The van der Waals surface area contributed by atoms with Gasteiger partial charge in [-0.3, -0.25) is 4.79 Å². The van der Waals surface area contributed by atoms with Gasteiger partial charge in [0, 0.05) is 18.3 Å². The van der Waals surface area contributed by atoms with Crippen LogP contribution in [0.15, 0.2) is 36.4 Å². The van der Waals surface area contributed by atoms with Crippen LogP contribution in [-0.4, -0.2) is 5.78 Å². The maximum Gasteiger partial charge on any atom is 0.134 e. The lowest BCUT2D eigenvalue weighted by Crippen LogP contribution is -2.33. The molecule has 0 radical (unpaired) electrons. The molecule has 0 aliphatic heterocycles. The fraction of sp³-hybridized carbons (Fsp3) is 0.400. The first-order chi connectivity index (χ1) is 7.80. The number of fused-ring (bicyclic) bond motifs is 2. The Hall–Kier alpha value is -1.37. The minimum atomic E-state index is 0.0319. The van der Waals surface area contributed by atoms with Gasteiger partial charge in [0.05, 0.1) is 0 Å². The van der Waals surface area contributed by atoms with E-state index in [9.17, 15) is 4.79 Å². The van der Waals surface area contributed by atoms with Crippen molar-refractivity contribution < 1.29 is 4.79 Å². The first-order valence-electron chi connectivity index (χ1n) is 6.08. The molecule has 0 N–H and O–H groups in total. The Morgan fingerprint density at radius 1 is 1.19 bits per heavy atom. The highest BCUT2D eigenvalue weighted by atomic mass is 16.1. The van der Waals surface area contributed by atoms with E-state index >= 15 is 0 Å².